The molecule has 0 unspecified atom stereocenters. The number of carbonyl (C=O) groups excluding carboxylic acids is 2. The molecule has 6 heteroatoms. The monoisotopic (exact) mass is 440 g/mol. The van der Waals surface area contributed by atoms with Crippen LogP contribution in [0, 0.1) is 6.92 Å². The Morgan fingerprint density at radius 3 is 2.45 bits per heavy atom. The highest BCUT2D eigenvalue weighted by Gasteiger charge is 2.38. The summed E-state index contributed by atoms with van der Waals surface area (Å²) >= 11 is 0. The van der Waals surface area contributed by atoms with Crippen molar-refractivity contribution in [3.63, 3.8) is 0 Å². The Bertz CT molecular complexity index is 1270. The van der Waals surface area contributed by atoms with Gasteiger partial charge in [0, 0.05) is 6.54 Å². The van der Waals surface area contributed by atoms with Gasteiger partial charge < -0.3 is 5.11 Å². The largest absolute Gasteiger partial charge is 0.480 e. The Morgan fingerprint density at radius 1 is 0.939 bits per heavy atom. The number of hydrogen-bond acceptors (Lipinski definition) is 4. The fourth-order valence-electron chi connectivity index (χ4n) is 4.93. The van der Waals surface area contributed by atoms with E-state index >= 15 is 0 Å². The number of imide groups is 1. The van der Waals surface area contributed by atoms with E-state index in [-0.39, 0.29) is 11.8 Å². The van der Waals surface area contributed by atoms with Gasteiger partial charge in [-0.25, -0.2) is 4.90 Å². The van der Waals surface area contributed by atoms with E-state index in [1.807, 2.05) is 60.4 Å². The van der Waals surface area contributed by atoms with Crippen molar-refractivity contribution < 1.29 is 19.5 Å². The van der Waals surface area contributed by atoms with Crippen LogP contribution in [-0.2, 0) is 11.3 Å². The fourth-order valence-corrected chi connectivity index (χ4v) is 4.93. The number of carboxylic acids is 1. The van der Waals surface area contributed by atoms with Crippen molar-refractivity contribution in [1.82, 2.24) is 4.90 Å². The van der Waals surface area contributed by atoms with E-state index in [9.17, 15) is 19.5 Å². The minimum absolute atomic E-state index is 0.334. The predicted molar refractivity (Wildman–Crippen MR) is 125 cm³/mol. The quantitative estimate of drug-likeness (QED) is 0.591. The molecule has 1 fully saturated rings. The first-order chi connectivity index (χ1) is 16.0. The minimum Gasteiger partial charge on any atom is -0.480 e. The molecule has 166 valence electrons. The zero-order valence-electron chi connectivity index (χ0n) is 18.3. The number of carboxylic acid groups (broad SMARTS) is 1. The summed E-state index contributed by atoms with van der Waals surface area (Å²) in [5, 5.41) is 9.44. The molecule has 1 N–H and O–H groups in total. The van der Waals surface area contributed by atoms with E-state index in [4.69, 9.17) is 0 Å². The van der Waals surface area contributed by atoms with Crippen molar-refractivity contribution >= 4 is 23.5 Å². The summed E-state index contributed by atoms with van der Waals surface area (Å²) in [5.74, 6) is -1.50. The highest BCUT2D eigenvalue weighted by Crippen LogP contribution is 2.35. The first-order valence-corrected chi connectivity index (χ1v) is 11.1. The van der Waals surface area contributed by atoms with Gasteiger partial charge in [0.1, 0.15) is 6.04 Å². The summed E-state index contributed by atoms with van der Waals surface area (Å²) < 4.78 is 0. The number of fused-ring (bicyclic) bond motifs is 1. The van der Waals surface area contributed by atoms with E-state index in [1.165, 1.54) is 4.90 Å². The van der Waals surface area contributed by atoms with E-state index in [1.54, 1.807) is 18.2 Å². The summed E-state index contributed by atoms with van der Waals surface area (Å²) in [4.78, 5) is 41.3. The summed E-state index contributed by atoms with van der Waals surface area (Å²) in [7, 11) is 0. The molecule has 6 nitrogen and oxygen atoms in total. The van der Waals surface area contributed by atoms with Gasteiger partial charge in [-0.15, -0.1) is 0 Å². The summed E-state index contributed by atoms with van der Waals surface area (Å²) in [6, 6.07) is 20.3. The third kappa shape index (κ3) is 3.62. The van der Waals surface area contributed by atoms with Gasteiger partial charge >= 0.3 is 5.97 Å². The van der Waals surface area contributed by atoms with Gasteiger partial charge in [0.05, 0.1) is 16.8 Å². The molecule has 0 aromatic heterocycles. The van der Waals surface area contributed by atoms with Gasteiger partial charge in [-0.1, -0.05) is 48.5 Å². The number of amides is 2. The third-order valence-corrected chi connectivity index (χ3v) is 6.62. The van der Waals surface area contributed by atoms with Crippen molar-refractivity contribution in [3.8, 4) is 11.1 Å². The third-order valence-electron chi connectivity index (χ3n) is 6.62. The van der Waals surface area contributed by atoms with E-state index in [2.05, 4.69) is 0 Å². The molecule has 3 aromatic carbocycles. The number of nitrogens with zero attached hydrogens (tertiary/aromatic N) is 2. The van der Waals surface area contributed by atoms with Crippen LogP contribution in [0.1, 0.15) is 44.7 Å². The maximum absolute atomic E-state index is 13.4. The molecule has 0 spiro atoms. The standard InChI is InChI=1S/C27H24N2O4/c1-17-20(19-7-3-2-4-8-19)9-5-10-23(17)29-25(30)21-13-12-18(15-22(21)26(29)31)16-28-14-6-11-24(28)27(32)33/h2-5,7-10,12-13,15,24H,6,11,14,16H2,1H3,(H,32,33)/t24-/m0/s1. The SMILES string of the molecule is Cc1c(-c2ccccc2)cccc1N1C(=O)c2ccc(CN3CCC[C@H]3C(=O)O)cc2C1=O. The zero-order valence-corrected chi connectivity index (χ0v) is 18.3. The molecule has 2 aliphatic heterocycles. The molecule has 0 radical (unpaired) electrons. The van der Waals surface area contributed by atoms with Gasteiger partial charge in [0.25, 0.3) is 11.8 Å². The lowest BCUT2D eigenvalue weighted by Crippen LogP contribution is -2.35. The zero-order chi connectivity index (χ0) is 23.1. The van der Waals surface area contributed by atoms with Gasteiger partial charge in [0.2, 0.25) is 0 Å². The smallest absolute Gasteiger partial charge is 0.320 e. The summed E-state index contributed by atoms with van der Waals surface area (Å²) in [5.41, 5.74) is 5.01. The molecule has 33 heavy (non-hydrogen) atoms. The topological polar surface area (TPSA) is 77.9 Å². The number of hydrogen-bond donors (Lipinski definition) is 1. The Balaban J connectivity index is 1.46. The van der Waals surface area contributed by atoms with Gasteiger partial charge in [-0.2, -0.15) is 0 Å². The second-order valence-electron chi connectivity index (χ2n) is 8.61. The van der Waals surface area contributed by atoms with Crippen LogP contribution >= 0.6 is 0 Å². The maximum atomic E-state index is 13.4. The molecular formula is C27H24N2O4. The summed E-state index contributed by atoms with van der Waals surface area (Å²) in [6.07, 6.45) is 1.46. The average molecular weight is 440 g/mol. The van der Waals surface area contributed by atoms with Crippen LogP contribution in [0.4, 0.5) is 5.69 Å². The Labute approximate surface area is 192 Å². The lowest BCUT2D eigenvalue weighted by Gasteiger charge is -2.21. The predicted octanol–water partition coefficient (Wildman–Crippen LogP) is 4.51. The van der Waals surface area contributed by atoms with Gasteiger partial charge in [0.15, 0.2) is 0 Å². The molecule has 0 aliphatic carbocycles. The van der Waals surface area contributed by atoms with Gasteiger partial charge in [-0.3, -0.25) is 19.3 Å². The van der Waals surface area contributed by atoms with Crippen molar-refractivity contribution in [1.29, 1.82) is 0 Å². The molecule has 1 saturated heterocycles. The van der Waals surface area contributed by atoms with E-state index in [0.29, 0.717) is 36.3 Å². The van der Waals surface area contributed by atoms with E-state index < -0.39 is 12.0 Å². The van der Waals surface area contributed by atoms with Crippen LogP contribution < -0.4 is 4.90 Å². The molecule has 0 saturated carbocycles. The fraction of sp³-hybridized carbons (Fsp3) is 0.222. The lowest BCUT2D eigenvalue weighted by molar-refractivity contribution is -0.142. The van der Waals surface area contributed by atoms with Crippen LogP contribution in [0.2, 0.25) is 0 Å². The molecule has 1 atom stereocenters. The number of anilines is 1. The van der Waals surface area contributed by atoms with Crippen molar-refractivity contribution in [3.05, 3.63) is 89.0 Å². The number of rotatable bonds is 5. The highest BCUT2D eigenvalue weighted by molar-refractivity contribution is 6.34. The lowest BCUT2D eigenvalue weighted by atomic mass is 9.99. The van der Waals surface area contributed by atoms with Crippen LogP contribution in [-0.4, -0.2) is 40.4 Å². The first kappa shape index (κ1) is 21.1. The molecular weight excluding hydrogens is 416 g/mol. The average Bonchev–Trinajstić information content (AvgIpc) is 3.38. The van der Waals surface area contributed by atoms with Gasteiger partial charge in [-0.05, 0) is 66.8 Å². The molecule has 0 bridgehead atoms. The van der Waals surface area contributed by atoms with Crippen molar-refractivity contribution in [2.45, 2.75) is 32.4 Å². The van der Waals surface area contributed by atoms with Crippen LogP contribution in [0.15, 0.2) is 66.7 Å². The number of likely N-dealkylation sites (tertiary alicyclic amines) is 1. The molecule has 2 heterocycles. The maximum Gasteiger partial charge on any atom is 0.320 e. The molecule has 2 amide bonds. The minimum atomic E-state index is -0.820. The first-order valence-electron chi connectivity index (χ1n) is 11.1. The Kier molecular flexibility index (Phi) is 5.30. The molecule has 5 rings (SSSR count). The Morgan fingerprint density at radius 2 is 1.70 bits per heavy atom. The second-order valence-corrected chi connectivity index (χ2v) is 8.61. The number of aliphatic carboxylic acids is 1. The molecule has 2 aliphatic rings. The number of benzene rings is 3. The summed E-state index contributed by atoms with van der Waals surface area (Å²) in [6.45, 7) is 3.07. The normalized spacial score (nSPS) is 18.1. The van der Waals surface area contributed by atoms with Crippen molar-refractivity contribution in [2.75, 3.05) is 11.4 Å². The van der Waals surface area contributed by atoms with Crippen LogP contribution in [0.5, 0.6) is 0 Å². The Hall–Kier alpha value is -3.77. The van der Waals surface area contributed by atoms with E-state index in [0.717, 1.165) is 28.7 Å². The van der Waals surface area contributed by atoms with Crippen LogP contribution in [0.25, 0.3) is 11.1 Å². The van der Waals surface area contributed by atoms with Crippen LogP contribution in [0.3, 0.4) is 0 Å². The van der Waals surface area contributed by atoms with Crippen molar-refractivity contribution in [2.24, 2.45) is 0 Å². The molecule has 3 aromatic rings. The highest BCUT2D eigenvalue weighted by atomic mass is 16.4. The second kappa shape index (κ2) is 8.30. The number of carbonyl (C=O) groups is 3.